The molecule has 0 saturated carbocycles. The second kappa shape index (κ2) is 8.37. The SMILES string of the molecule is CCCCC[C@H](O)C=C[C@H]1[C@H]2C(=CCCCC(=O)O)O[C@H]3C[C@@H]1O[C@@H]23. The molecular weight excluding hydrogens is 320 g/mol. The Labute approximate surface area is 149 Å². The fraction of sp³-hybridized carbons (Fsp3) is 0.750. The molecule has 0 amide bonds. The van der Waals surface area contributed by atoms with Crippen molar-refractivity contribution in [2.24, 2.45) is 11.8 Å². The van der Waals surface area contributed by atoms with E-state index in [0.29, 0.717) is 6.42 Å². The van der Waals surface area contributed by atoms with Crippen LogP contribution in [0.3, 0.4) is 0 Å². The number of aliphatic hydroxyl groups excluding tert-OH is 1. The number of carboxylic acid groups (broad SMARTS) is 1. The number of allylic oxidation sites excluding steroid dienone is 1. The molecule has 2 bridgehead atoms. The van der Waals surface area contributed by atoms with Crippen molar-refractivity contribution < 1.29 is 24.5 Å². The molecule has 3 fully saturated rings. The standard InChI is InChI=1S/C20H30O5/c1-2-3-4-7-13(21)10-11-14-16-12-17-20(25-16)19(14)15(24-17)8-5-6-9-18(22)23/h8,10-11,13-14,16-17,19-21H,2-7,9,12H2,1H3,(H,22,23)/t13-,14+,16-,17-,19-,20+/m0/s1. The van der Waals surface area contributed by atoms with Crippen LogP contribution in [0.5, 0.6) is 0 Å². The van der Waals surface area contributed by atoms with Gasteiger partial charge >= 0.3 is 5.97 Å². The van der Waals surface area contributed by atoms with E-state index in [9.17, 15) is 9.90 Å². The molecule has 5 heteroatoms. The Morgan fingerprint density at radius 1 is 1.32 bits per heavy atom. The average molecular weight is 350 g/mol. The number of carboxylic acids is 1. The summed E-state index contributed by atoms with van der Waals surface area (Å²) >= 11 is 0. The maximum absolute atomic E-state index is 10.6. The molecule has 0 unspecified atom stereocenters. The maximum atomic E-state index is 10.6. The van der Waals surface area contributed by atoms with Gasteiger partial charge in [-0.2, -0.15) is 0 Å². The number of unbranched alkanes of at least 4 members (excludes halogenated alkanes) is 3. The predicted molar refractivity (Wildman–Crippen MR) is 94.0 cm³/mol. The Morgan fingerprint density at radius 2 is 2.16 bits per heavy atom. The van der Waals surface area contributed by atoms with Crippen molar-refractivity contribution in [2.75, 3.05) is 0 Å². The largest absolute Gasteiger partial charge is 0.492 e. The van der Waals surface area contributed by atoms with Crippen LogP contribution < -0.4 is 0 Å². The van der Waals surface area contributed by atoms with Crippen LogP contribution in [0.15, 0.2) is 24.0 Å². The highest BCUT2D eigenvalue weighted by atomic mass is 16.6. The Hall–Kier alpha value is -1.33. The minimum absolute atomic E-state index is 0.127. The zero-order valence-corrected chi connectivity index (χ0v) is 15.0. The van der Waals surface area contributed by atoms with Crippen LogP contribution in [0.1, 0.15) is 58.3 Å². The third kappa shape index (κ3) is 4.26. The fourth-order valence-corrected chi connectivity index (χ4v) is 4.32. The molecule has 6 atom stereocenters. The van der Waals surface area contributed by atoms with E-state index in [0.717, 1.165) is 44.3 Å². The number of fused-ring (bicyclic) bond motifs is 1. The lowest BCUT2D eigenvalue weighted by atomic mass is 9.78. The minimum atomic E-state index is -0.757. The summed E-state index contributed by atoms with van der Waals surface area (Å²) in [6.07, 6.45) is 12.8. The summed E-state index contributed by atoms with van der Waals surface area (Å²) in [6.45, 7) is 2.16. The first-order chi connectivity index (χ1) is 12.1. The number of ether oxygens (including phenoxy) is 2. The van der Waals surface area contributed by atoms with Gasteiger partial charge in [0, 0.05) is 18.8 Å². The van der Waals surface area contributed by atoms with Gasteiger partial charge in [0.15, 0.2) is 0 Å². The topological polar surface area (TPSA) is 76.0 Å². The van der Waals surface area contributed by atoms with Gasteiger partial charge in [0.1, 0.15) is 12.2 Å². The number of hydrogen-bond donors (Lipinski definition) is 2. The number of carbonyl (C=O) groups is 1. The van der Waals surface area contributed by atoms with Crippen molar-refractivity contribution >= 4 is 5.97 Å². The van der Waals surface area contributed by atoms with Crippen LogP contribution in [-0.4, -0.2) is 40.6 Å². The lowest BCUT2D eigenvalue weighted by Crippen LogP contribution is -2.28. The Bertz CT molecular complexity index is 524. The van der Waals surface area contributed by atoms with E-state index in [-0.39, 0.29) is 42.7 Å². The van der Waals surface area contributed by atoms with E-state index in [4.69, 9.17) is 14.6 Å². The normalized spacial score (nSPS) is 35.6. The second-order valence-electron chi connectivity index (χ2n) is 7.47. The van der Waals surface area contributed by atoms with E-state index >= 15 is 0 Å². The number of hydrogen-bond acceptors (Lipinski definition) is 4. The second-order valence-corrected chi connectivity index (χ2v) is 7.47. The lowest BCUT2D eigenvalue weighted by Gasteiger charge is -2.19. The summed E-state index contributed by atoms with van der Waals surface area (Å²) in [5.74, 6) is 0.700. The van der Waals surface area contributed by atoms with E-state index < -0.39 is 5.97 Å². The first kappa shape index (κ1) is 18.5. The van der Waals surface area contributed by atoms with Crippen LogP contribution in [-0.2, 0) is 14.3 Å². The molecule has 0 aromatic carbocycles. The number of rotatable bonds is 10. The molecule has 5 nitrogen and oxygen atoms in total. The van der Waals surface area contributed by atoms with Gasteiger partial charge in [-0.05, 0) is 25.3 Å². The number of aliphatic carboxylic acids is 1. The molecular formula is C20H30O5. The fourth-order valence-electron chi connectivity index (χ4n) is 4.32. The third-order valence-electron chi connectivity index (χ3n) is 5.58. The van der Waals surface area contributed by atoms with Gasteiger partial charge in [0.05, 0.1) is 23.9 Å². The summed E-state index contributed by atoms with van der Waals surface area (Å²) in [4.78, 5) is 10.6. The molecule has 0 aliphatic carbocycles. The van der Waals surface area contributed by atoms with Gasteiger partial charge in [-0.3, -0.25) is 4.79 Å². The molecule has 140 valence electrons. The van der Waals surface area contributed by atoms with Crippen LogP contribution in [0, 0.1) is 11.8 Å². The van der Waals surface area contributed by atoms with E-state index in [2.05, 4.69) is 19.1 Å². The molecule has 3 heterocycles. The van der Waals surface area contributed by atoms with Gasteiger partial charge in [0.2, 0.25) is 0 Å². The highest BCUT2D eigenvalue weighted by Gasteiger charge is 2.60. The van der Waals surface area contributed by atoms with E-state index in [1.807, 2.05) is 6.08 Å². The quantitative estimate of drug-likeness (QED) is 0.466. The van der Waals surface area contributed by atoms with Crippen LogP contribution in [0.4, 0.5) is 0 Å². The van der Waals surface area contributed by atoms with Gasteiger partial charge in [-0.15, -0.1) is 0 Å². The highest BCUT2D eigenvalue weighted by molar-refractivity contribution is 5.66. The zero-order valence-electron chi connectivity index (χ0n) is 15.0. The molecule has 0 spiro atoms. The molecule has 3 aliphatic rings. The van der Waals surface area contributed by atoms with E-state index in [1.54, 1.807) is 0 Å². The van der Waals surface area contributed by atoms with Crippen molar-refractivity contribution in [3.8, 4) is 0 Å². The van der Waals surface area contributed by atoms with Crippen molar-refractivity contribution in [3.05, 3.63) is 24.0 Å². The average Bonchev–Trinajstić information content (AvgIpc) is 3.18. The minimum Gasteiger partial charge on any atom is -0.492 e. The van der Waals surface area contributed by atoms with Crippen LogP contribution in [0.2, 0.25) is 0 Å². The van der Waals surface area contributed by atoms with Crippen molar-refractivity contribution in [1.29, 1.82) is 0 Å². The molecule has 0 aromatic rings. The Morgan fingerprint density at radius 3 is 2.92 bits per heavy atom. The highest BCUT2D eigenvalue weighted by Crippen LogP contribution is 2.54. The van der Waals surface area contributed by atoms with Gasteiger partial charge in [-0.25, -0.2) is 0 Å². The smallest absolute Gasteiger partial charge is 0.303 e. The zero-order chi connectivity index (χ0) is 17.8. The van der Waals surface area contributed by atoms with E-state index in [1.165, 1.54) is 0 Å². The van der Waals surface area contributed by atoms with Crippen molar-refractivity contribution in [3.63, 3.8) is 0 Å². The Kier molecular flexibility index (Phi) is 6.18. The first-order valence-corrected chi connectivity index (χ1v) is 9.70. The summed E-state index contributed by atoms with van der Waals surface area (Å²) in [5.41, 5.74) is 0. The summed E-state index contributed by atoms with van der Waals surface area (Å²) in [6, 6.07) is 0. The van der Waals surface area contributed by atoms with Crippen molar-refractivity contribution in [2.45, 2.75) is 82.7 Å². The number of aliphatic hydroxyl groups is 1. The molecule has 0 radical (unpaired) electrons. The molecule has 25 heavy (non-hydrogen) atoms. The Balaban J connectivity index is 1.57. The van der Waals surface area contributed by atoms with Crippen LogP contribution in [0.25, 0.3) is 0 Å². The molecule has 2 N–H and O–H groups in total. The van der Waals surface area contributed by atoms with Gasteiger partial charge < -0.3 is 19.7 Å². The predicted octanol–water partition coefficient (Wildman–Crippen LogP) is 3.42. The third-order valence-corrected chi connectivity index (χ3v) is 5.58. The summed E-state index contributed by atoms with van der Waals surface area (Å²) < 4.78 is 12.1. The van der Waals surface area contributed by atoms with Crippen molar-refractivity contribution in [1.82, 2.24) is 0 Å². The lowest BCUT2D eigenvalue weighted by molar-refractivity contribution is -0.137. The summed E-state index contributed by atoms with van der Waals surface area (Å²) in [7, 11) is 0. The monoisotopic (exact) mass is 350 g/mol. The molecule has 3 aliphatic heterocycles. The van der Waals surface area contributed by atoms with Gasteiger partial charge in [-0.1, -0.05) is 38.3 Å². The molecule has 3 saturated heterocycles. The molecule has 3 rings (SSSR count). The maximum Gasteiger partial charge on any atom is 0.303 e. The summed E-state index contributed by atoms with van der Waals surface area (Å²) in [5, 5.41) is 18.9. The van der Waals surface area contributed by atoms with Crippen LogP contribution >= 0.6 is 0 Å². The first-order valence-electron chi connectivity index (χ1n) is 9.70. The molecule has 0 aromatic heterocycles. The van der Waals surface area contributed by atoms with Gasteiger partial charge in [0.25, 0.3) is 0 Å².